The fourth-order valence-corrected chi connectivity index (χ4v) is 4.31. The maximum atomic E-state index is 12.7. The molecule has 3 aromatic carbocycles. The number of nitrogens with one attached hydrogen (secondary N) is 2. The molecule has 0 spiro atoms. The Hall–Kier alpha value is -4.17. The summed E-state index contributed by atoms with van der Waals surface area (Å²) in [5, 5.41) is 8.06. The van der Waals surface area contributed by atoms with Gasteiger partial charge in [0, 0.05) is 5.69 Å². The molecule has 1 amide bonds. The Morgan fingerprint density at radius 1 is 0.941 bits per heavy atom. The van der Waals surface area contributed by atoms with Gasteiger partial charge in [0.1, 0.15) is 5.39 Å². The number of H-pyrrole nitrogens is 1. The number of amides is 1. The van der Waals surface area contributed by atoms with Crippen molar-refractivity contribution < 1.29 is 4.79 Å². The minimum Gasteiger partial charge on any atom is -0.325 e. The predicted octanol–water partition coefficient (Wildman–Crippen LogP) is 4.43. The molecule has 8 heteroatoms. The molecule has 0 atom stereocenters. The average Bonchev–Trinajstić information content (AvgIpc) is 3.30. The van der Waals surface area contributed by atoms with Crippen LogP contribution in [0.15, 0.2) is 101 Å². The third-order valence-electron chi connectivity index (χ3n) is 5.29. The summed E-state index contributed by atoms with van der Waals surface area (Å²) < 4.78 is 1.62. The molecule has 5 rings (SSSR count). The molecule has 0 aliphatic rings. The first-order chi connectivity index (χ1) is 16.7. The van der Waals surface area contributed by atoms with Gasteiger partial charge in [-0.2, -0.15) is 5.10 Å². The zero-order valence-electron chi connectivity index (χ0n) is 18.1. The van der Waals surface area contributed by atoms with Gasteiger partial charge in [0.15, 0.2) is 10.8 Å². The quantitative estimate of drug-likeness (QED) is 0.273. The van der Waals surface area contributed by atoms with Crippen molar-refractivity contribution in [1.29, 1.82) is 0 Å². The molecule has 168 valence electrons. The highest BCUT2D eigenvalue weighted by atomic mass is 32.2. The number of hydrogen-bond acceptors (Lipinski definition) is 5. The third-order valence-corrected chi connectivity index (χ3v) is 6.16. The van der Waals surface area contributed by atoms with Gasteiger partial charge < -0.3 is 10.3 Å². The van der Waals surface area contributed by atoms with Crippen molar-refractivity contribution >= 4 is 34.4 Å². The second-order valence-corrected chi connectivity index (χ2v) is 8.62. The van der Waals surface area contributed by atoms with E-state index in [1.807, 2.05) is 72.8 Å². The molecule has 2 N–H and O–H groups in total. The van der Waals surface area contributed by atoms with Gasteiger partial charge in [-0.1, -0.05) is 78.5 Å². The highest BCUT2D eigenvalue weighted by Gasteiger charge is 2.13. The molecular formula is C26H21N5O2S. The summed E-state index contributed by atoms with van der Waals surface area (Å²) in [4.78, 5) is 32.5. The van der Waals surface area contributed by atoms with E-state index in [-0.39, 0.29) is 17.2 Å². The van der Waals surface area contributed by atoms with Crippen LogP contribution in [0, 0.1) is 0 Å². The van der Waals surface area contributed by atoms with E-state index in [1.165, 1.54) is 23.5 Å². The zero-order valence-corrected chi connectivity index (χ0v) is 19.0. The molecule has 7 nitrogen and oxygen atoms in total. The molecule has 5 aromatic rings. The predicted molar refractivity (Wildman–Crippen MR) is 135 cm³/mol. The lowest BCUT2D eigenvalue weighted by molar-refractivity contribution is -0.113. The van der Waals surface area contributed by atoms with Crippen molar-refractivity contribution in [3.8, 4) is 5.69 Å². The van der Waals surface area contributed by atoms with Crippen molar-refractivity contribution in [2.45, 2.75) is 11.6 Å². The Kier molecular flexibility index (Phi) is 6.22. The lowest BCUT2D eigenvalue weighted by Gasteiger charge is -2.11. The second kappa shape index (κ2) is 9.76. The maximum absolute atomic E-state index is 12.7. The van der Waals surface area contributed by atoms with E-state index < -0.39 is 0 Å². The first-order valence-electron chi connectivity index (χ1n) is 10.8. The molecular weight excluding hydrogens is 446 g/mol. The van der Waals surface area contributed by atoms with Crippen LogP contribution in [0.5, 0.6) is 0 Å². The van der Waals surface area contributed by atoms with Crippen molar-refractivity contribution in [2.24, 2.45) is 0 Å². The summed E-state index contributed by atoms with van der Waals surface area (Å²) in [5.74, 6) is -0.0713. The van der Waals surface area contributed by atoms with Gasteiger partial charge in [0.25, 0.3) is 5.56 Å². The fourth-order valence-electron chi connectivity index (χ4n) is 3.66. The summed E-state index contributed by atoms with van der Waals surface area (Å²) in [6.07, 6.45) is 2.22. The highest BCUT2D eigenvalue weighted by Crippen LogP contribution is 2.21. The lowest BCUT2D eigenvalue weighted by atomic mass is 10.0. The second-order valence-electron chi connectivity index (χ2n) is 7.66. The van der Waals surface area contributed by atoms with Gasteiger partial charge in [0.05, 0.1) is 17.6 Å². The highest BCUT2D eigenvalue weighted by molar-refractivity contribution is 7.99. The van der Waals surface area contributed by atoms with Crippen molar-refractivity contribution in [2.75, 3.05) is 11.1 Å². The van der Waals surface area contributed by atoms with E-state index in [1.54, 1.807) is 4.68 Å². The van der Waals surface area contributed by atoms with E-state index in [0.717, 1.165) is 23.4 Å². The van der Waals surface area contributed by atoms with Gasteiger partial charge >= 0.3 is 0 Å². The van der Waals surface area contributed by atoms with E-state index >= 15 is 0 Å². The van der Waals surface area contributed by atoms with Crippen LogP contribution in [0.3, 0.4) is 0 Å². The van der Waals surface area contributed by atoms with Crippen molar-refractivity contribution in [3.63, 3.8) is 0 Å². The number of para-hydroxylation sites is 2. The van der Waals surface area contributed by atoms with Gasteiger partial charge in [-0.25, -0.2) is 9.67 Å². The summed E-state index contributed by atoms with van der Waals surface area (Å²) in [6, 6.07) is 27.4. The molecule has 0 saturated carbocycles. The van der Waals surface area contributed by atoms with Crippen LogP contribution in [0.25, 0.3) is 16.7 Å². The lowest BCUT2D eigenvalue weighted by Crippen LogP contribution is -2.16. The van der Waals surface area contributed by atoms with Crippen LogP contribution in [0.2, 0.25) is 0 Å². The number of aromatic amines is 1. The number of carbonyl (C=O) groups is 1. The van der Waals surface area contributed by atoms with E-state index in [9.17, 15) is 9.59 Å². The van der Waals surface area contributed by atoms with E-state index in [2.05, 4.69) is 32.5 Å². The van der Waals surface area contributed by atoms with Crippen LogP contribution >= 0.6 is 11.8 Å². The summed E-state index contributed by atoms with van der Waals surface area (Å²) >= 11 is 1.17. The number of fused-ring (bicyclic) bond motifs is 1. The normalized spacial score (nSPS) is 10.9. The first kappa shape index (κ1) is 21.7. The molecule has 0 unspecified atom stereocenters. The monoisotopic (exact) mass is 467 g/mol. The van der Waals surface area contributed by atoms with Gasteiger partial charge in [-0.3, -0.25) is 9.59 Å². The fraction of sp³-hybridized carbons (Fsp3) is 0.0769. The van der Waals surface area contributed by atoms with Crippen LogP contribution in [0.1, 0.15) is 11.1 Å². The molecule has 0 bridgehead atoms. The Balaban J connectivity index is 1.31. The Morgan fingerprint density at radius 3 is 2.44 bits per heavy atom. The van der Waals surface area contributed by atoms with Crippen LogP contribution in [-0.4, -0.2) is 31.4 Å². The topological polar surface area (TPSA) is 92.7 Å². The molecule has 0 saturated heterocycles. The standard InChI is InChI=1S/C26H21N5O2S/c32-23(28-22-14-8-7-11-19(22)15-18-9-3-1-4-10-18)17-34-26-29-24-21(25(33)30-26)16-27-31(24)20-12-5-2-6-13-20/h1-14,16H,15,17H2,(H,28,32)(H,29,30,33). The number of hydrogen-bond donors (Lipinski definition) is 2. The summed E-state index contributed by atoms with van der Waals surface area (Å²) in [6.45, 7) is 0. The third kappa shape index (κ3) is 4.77. The van der Waals surface area contributed by atoms with Gasteiger partial charge in [-0.05, 0) is 35.7 Å². The maximum Gasteiger partial charge on any atom is 0.262 e. The number of rotatable bonds is 7. The minimum atomic E-state index is -0.289. The zero-order chi connectivity index (χ0) is 23.3. The minimum absolute atomic E-state index is 0.105. The first-order valence-corrected chi connectivity index (χ1v) is 11.7. The van der Waals surface area contributed by atoms with E-state index in [4.69, 9.17) is 0 Å². The SMILES string of the molecule is O=C(CSc1nc2c(cnn2-c2ccccc2)c(=O)[nH]1)Nc1ccccc1Cc1ccccc1. The molecule has 0 radical (unpaired) electrons. The molecule has 0 fully saturated rings. The smallest absolute Gasteiger partial charge is 0.262 e. The van der Waals surface area contributed by atoms with Crippen molar-refractivity contribution in [1.82, 2.24) is 19.7 Å². The number of nitrogens with zero attached hydrogens (tertiary/aromatic N) is 3. The number of anilines is 1. The molecule has 2 heterocycles. The van der Waals surface area contributed by atoms with E-state index in [0.29, 0.717) is 16.2 Å². The van der Waals surface area contributed by atoms with Gasteiger partial charge in [0.2, 0.25) is 5.91 Å². The summed E-state index contributed by atoms with van der Waals surface area (Å²) in [5.41, 5.74) is 3.94. The number of carbonyl (C=O) groups excluding carboxylic acids is 1. The number of benzene rings is 3. The molecule has 34 heavy (non-hydrogen) atoms. The molecule has 0 aliphatic heterocycles. The van der Waals surface area contributed by atoms with Crippen molar-refractivity contribution in [3.05, 3.63) is 113 Å². The summed E-state index contributed by atoms with van der Waals surface area (Å²) in [7, 11) is 0. The van der Waals surface area contributed by atoms with Crippen LogP contribution in [-0.2, 0) is 11.2 Å². The number of thioether (sulfide) groups is 1. The Labute approximate surface area is 199 Å². The number of aromatic nitrogens is 4. The van der Waals surface area contributed by atoms with Crippen LogP contribution < -0.4 is 10.9 Å². The average molecular weight is 468 g/mol. The van der Waals surface area contributed by atoms with Gasteiger partial charge in [-0.15, -0.1) is 0 Å². The van der Waals surface area contributed by atoms with Crippen LogP contribution in [0.4, 0.5) is 5.69 Å². The molecule has 0 aliphatic carbocycles. The largest absolute Gasteiger partial charge is 0.325 e. The Bertz CT molecular complexity index is 1500. The molecule has 2 aromatic heterocycles. The Morgan fingerprint density at radius 2 is 1.65 bits per heavy atom.